The zero-order valence-corrected chi connectivity index (χ0v) is 11.0. The number of anilines is 1. The van der Waals surface area contributed by atoms with Crippen molar-refractivity contribution in [2.75, 3.05) is 5.73 Å². The van der Waals surface area contributed by atoms with E-state index >= 15 is 0 Å². The molecule has 5 nitrogen and oxygen atoms in total. The summed E-state index contributed by atoms with van der Waals surface area (Å²) in [5, 5.41) is 5.08. The average molecular weight is 277 g/mol. The molecule has 0 atom stereocenters. The van der Waals surface area contributed by atoms with Gasteiger partial charge < -0.3 is 14.7 Å². The third-order valence-corrected chi connectivity index (χ3v) is 3.42. The summed E-state index contributed by atoms with van der Waals surface area (Å²) >= 11 is 0. The van der Waals surface area contributed by atoms with E-state index < -0.39 is 0 Å². The first-order chi connectivity index (χ1) is 10.3. The maximum Gasteiger partial charge on any atom is 0.230 e. The highest BCUT2D eigenvalue weighted by Gasteiger charge is 2.20. The van der Waals surface area contributed by atoms with Gasteiger partial charge in [0, 0.05) is 17.8 Å². The molecule has 0 saturated carbocycles. The van der Waals surface area contributed by atoms with E-state index in [-0.39, 0.29) is 5.88 Å². The zero-order chi connectivity index (χ0) is 14.2. The van der Waals surface area contributed by atoms with Gasteiger partial charge in [-0.2, -0.15) is 0 Å². The molecule has 102 valence electrons. The van der Waals surface area contributed by atoms with Crippen molar-refractivity contribution in [3.05, 3.63) is 55.1 Å². The van der Waals surface area contributed by atoms with E-state index in [9.17, 15) is 0 Å². The van der Waals surface area contributed by atoms with Crippen LogP contribution >= 0.6 is 0 Å². The lowest BCUT2D eigenvalue weighted by atomic mass is 10.0. The molecule has 0 saturated heterocycles. The minimum absolute atomic E-state index is 0.279. The van der Waals surface area contributed by atoms with Crippen LogP contribution in [-0.2, 0) is 0 Å². The van der Waals surface area contributed by atoms with Gasteiger partial charge in [-0.3, -0.25) is 4.98 Å². The van der Waals surface area contributed by atoms with Crippen LogP contribution in [0.1, 0.15) is 0 Å². The second kappa shape index (κ2) is 4.49. The van der Waals surface area contributed by atoms with Crippen LogP contribution in [0.3, 0.4) is 0 Å². The molecule has 3 heterocycles. The summed E-state index contributed by atoms with van der Waals surface area (Å²) in [6, 6.07) is 11.5. The molecule has 0 spiro atoms. The minimum atomic E-state index is 0.279. The Kier molecular flexibility index (Phi) is 2.50. The molecule has 1 aromatic carbocycles. The number of nitrogens with zero attached hydrogens (tertiary/aromatic N) is 2. The van der Waals surface area contributed by atoms with Crippen molar-refractivity contribution in [2.24, 2.45) is 0 Å². The molecule has 0 aliphatic rings. The lowest BCUT2D eigenvalue weighted by Gasteiger charge is -2.00. The van der Waals surface area contributed by atoms with Crippen molar-refractivity contribution < 1.29 is 8.94 Å². The van der Waals surface area contributed by atoms with Gasteiger partial charge in [0.1, 0.15) is 17.5 Å². The van der Waals surface area contributed by atoms with E-state index in [2.05, 4.69) is 10.1 Å². The number of hydrogen-bond acceptors (Lipinski definition) is 5. The summed E-state index contributed by atoms with van der Waals surface area (Å²) in [7, 11) is 0. The number of benzene rings is 1. The van der Waals surface area contributed by atoms with Gasteiger partial charge >= 0.3 is 0 Å². The highest BCUT2D eigenvalue weighted by atomic mass is 16.5. The first-order valence-electron chi connectivity index (χ1n) is 6.47. The smallest absolute Gasteiger partial charge is 0.230 e. The molecule has 0 fully saturated rings. The SMILES string of the molecule is Nc1onc(-c2coc3ccccc23)c1-c1ccncc1. The summed E-state index contributed by atoms with van der Waals surface area (Å²) in [6.45, 7) is 0. The molecule has 3 aromatic heterocycles. The Morgan fingerprint density at radius 1 is 1.00 bits per heavy atom. The topological polar surface area (TPSA) is 78.1 Å². The monoisotopic (exact) mass is 277 g/mol. The van der Waals surface area contributed by atoms with Crippen molar-refractivity contribution >= 4 is 16.9 Å². The molecule has 2 N–H and O–H groups in total. The maximum absolute atomic E-state index is 5.94. The average Bonchev–Trinajstić information content (AvgIpc) is 3.11. The zero-order valence-electron chi connectivity index (χ0n) is 11.0. The summed E-state index contributed by atoms with van der Waals surface area (Å²) in [4.78, 5) is 4.02. The Morgan fingerprint density at radius 2 is 1.81 bits per heavy atom. The predicted octanol–water partition coefficient (Wildman–Crippen LogP) is 3.73. The van der Waals surface area contributed by atoms with E-state index in [4.69, 9.17) is 14.7 Å². The first kappa shape index (κ1) is 11.7. The van der Waals surface area contributed by atoms with Crippen LogP contribution < -0.4 is 5.73 Å². The van der Waals surface area contributed by atoms with Crippen molar-refractivity contribution in [3.8, 4) is 22.4 Å². The second-order valence-electron chi connectivity index (χ2n) is 4.65. The third-order valence-electron chi connectivity index (χ3n) is 3.42. The van der Waals surface area contributed by atoms with Gasteiger partial charge in [0.05, 0.1) is 11.1 Å². The van der Waals surface area contributed by atoms with E-state index in [1.807, 2.05) is 36.4 Å². The molecule has 21 heavy (non-hydrogen) atoms. The van der Waals surface area contributed by atoms with Gasteiger partial charge in [0.15, 0.2) is 0 Å². The maximum atomic E-state index is 5.94. The molecule has 0 unspecified atom stereocenters. The van der Waals surface area contributed by atoms with Gasteiger partial charge in [-0.1, -0.05) is 23.4 Å². The summed E-state index contributed by atoms with van der Waals surface area (Å²) in [5.41, 5.74) is 9.93. The van der Waals surface area contributed by atoms with E-state index in [0.717, 1.165) is 27.7 Å². The van der Waals surface area contributed by atoms with Gasteiger partial charge in [-0.25, -0.2) is 0 Å². The quantitative estimate of drug-likeness (QED) is 0.604. The van der Waals surface area contributed by atoms with Gasteiger partial charge in [-0.15, -0.1) is 0 Å². The molecule has 0 aliphatic heterocycles. The number of fused-ring (bicyclic) bond motifs is 1. The predicted molar refractivity (Wildman–Crippen MR) is 79.4 cm³/mol. The van der Waals surface area contributed by atoms with Crippen molar-refractivity contribution in [3.63, 3.8) is 0 Å². The standard InChI is InChI=1S/C16H11N3O2/c17-16-14(10-5-7-18-8-6-10)15(19-21-16)12-9-20-13-4-2-1-3-11(12)13/h1-9H,17H2. The molecule has 0 radical (unpaired) electrons. The van der Waals surface area contributed by atoms with Crippen LogP contribution in [0.2, 0.25) is 0 Å². The molecule has 4 rings (SSSR count). The molecule has 5 heteroatoms. The van der Waals surface area contributed by atoms with E-state index in [1.165, 1.54) is 0 Å². The molecule has 4 aromatic rings. The first-order valence-corrected chi connectivity index (χ1v) is 6.47. The fourth-order valence-electron chi connectivity index (χ4n) is 2.45. The Bertz CT molecular complexity index is 910. The van der Waals surface area contributed by atoms with Crippen LogP contribution in [0.25, 0.3) is 33.4 Å². The van der Waals surface area contributed by atoms with Gasteiger partial charge in [0.25, 0.3) is 0 Å². The number of hydrogen-bond donors (Lipinski definition) is 1. The fourth-order valence-corrected chi connectivity index (χ4v) is 2.45. The summed E-state index contributed by atoms with van der Waals surface area (Å²) in [5.74, 6) is 0.279. The van der Waals surface area contributed by atoms with Crippen LogP contribution in [0, 0.1) is 0 Å². The van der Waals surface area contributed by atoms with Crippen molar-refractivity contribution in [1.82, 2.24) is 10.1 Å². The van der Waals surface area contributed by atoms with Gasteiger partial charge in [-0.05, 0) is 23.8 Å². The number of nitrogen functional groups attached to an aromatic ring is 1. The third kappa shape index (κ3) is 1.79. The normalized spacial score (nSPS) is 11.0. The molecule has 0 bridgehead atoms. The number of para-hydroxylation sites is 1. The Balaban J connectivity index is 1.98. The Labute approximate surface area is 120 Å². The number of furan rings is 1. The molecule has 0 amide bonds. The van der Waals surface area contributed by atoms with Crippen molar-refractivity contribution in [2.45, 2.75) is 0 Å². The minimum Gasteiger partial charge on any atom is -0.464 e. The molecule has 0 aliphatic carbocycles. The highest BCUT2D eigenvalue weighted by molar-refractivity contribution is 5.98. The number of aromatic nitrogens is 2. The summed E-state index contributed by atoms with van der Waals surface area (Å²) < 4.78 is 10.8. The summed E-state index contributed by atoms with van der Waals surface area (Å²) in [6.07, 6.45) is 5.09. The number of rotatable bonds is 2. The second-order valence-corrected chi connectivity index (χ2v) is 4.65. The number of nitrogens with two attached hydrogens (primary N) is 1. The van der Waals surface area contributed by atoms with Gasteiger partial charge in [0.2, 0.25) is 5.88 Å². The van der Waals surface area contributed by atoms with Crippen molar-refractivity contribution in [1.29, 1.82) is 0 Å². The van der Waals surface area contributed by atoms with E-state index in [1.54, 1.807) is 18.7 Å². The van der Waals surface area contributed by atoms with Crippen LogP contribution in [0.4, 0.5) is 5.88 Å². The number of pyridine rings is 1. The molecular formula is C16H11N3O2. The fraction of sp³-hybridized carbons (Fsp3) is 0. The lowest BCUT2D eigenvalue weighted by molar-refractivity contribution is 0.439. The largest absolute Gasteiger partial charge is 0.464 e. The Morgan fingerprint density at radius 3 is 2.67 bits per heavy atom. The van der Waals surface area contributed by atoms with Crippen LogP contribution in [-0.4, -0.2) is 10.1 Å². The molecular weight excluding hydrogens is 266 g/mol. The van der Waals surface area contributed by atoms with Crippen LogP contribution in [0.15, 0.2) is 64.0 Å². The Hall–Kier alpha value is -3.08. The highest BCUT2D eigenvalue weighted by Crippen LogP contribution is 2.39. The van der Waals surface area contributed by atoms with E-state index in [0.29, 0.717) is 5.69 Å². The van der Waals surface area contributed by atoms with Crippen LogP contribution in [0.5, 0.6) is 0 Å². The lowest BCUT2D eigenvalue weighted by Crippen LogP contribution is -1.87.